The van der Waals surface area contributed by atoms with Crippen molar-refractivity contribution in [2.45, 2.75) is 38.1 Å². The van der Waals surface area contributed by atoms with Crippen molar-refractivity contribution in [2.75, 3.05) is 11.9 Å². The Morgan fingerprint density at radius 2 is 1.74 bits per heavy atom. The maximum atomic E-state index is 12.4. The van der Waals surface area contributed by atoms with E-state index >= 15 is 0 Å². The summed E-state index contributed by atoms with van der Waals surface area (Å²) in [6.07, 6.45) is 0.417. The highest BCUT2D eigenvalue weighted by atomic mass is 16.5. The van der Waals surface area contributed by atoms with Crippen molar-refractivity contribution < 1.29 is 24.2 Å². The molecule has 9 nitrogen and oxygen atoms in total. The summed E-state index contributed by atoms with van der Waals surface area (Å²) in [5, 5.41) is 20.7. The Balaban J connectivity index is 1.35. The fourth-order valence-corrected chi connectivity index (χ4v) is 4.29. The quantitative estimate of drug-likeness (QED) is 0.378. The van der Waals surface area contributed by atoms with Gasteiger partial charge in [0.2, 0.25) is 0 Å². The summed E-state index contributed by atoms with van der Waals surface area (Å²) in [7, 11) is 0. The predicted octanol–water partition coefficient (Wildman–Crippen LogP) is 4.14. The van der Waals surface area contributed by atoms with Crippen LogP contribution in [0.3, 0.4) is 0 Å². The van der Waals surface area contributed by atoms with Crippen molar-refractivity contribution in [2.24, 2.45) is 0 Å². The van der Waals surface area contributed by atoms with Crippen LogP contribution in [-0.4, -0.2) is 45.9 Å². The topological polar surface area (TPSA) is 133 Å². The zero-order chi connectivity index (χ0) is 24.1. The van der Waals surface area contributed by atoms with Gasteiger partial charge in [0.05, 0.1) is 6.42 Å². The molecule has 4 N–H and O–H groups in total. The molecule has 1 heterocycles. The largest absolute Gasteiger partial charge is 0.481 e. The number of carbonyl (C=O) groups is 3. The smallest absolute Gasteiger partial charge is 0.412 e. The highest BCUT2D eigenvalue weighted by Gasteiger charge is 2.29. The Hall–Kier alpha value is -4.14. The van der Waals surface area contributed by atoms with E-state index < -0.39 is 24.0 Å². The van der Waals surface area contributed by atoms with Crippen molar-refractivity contribution >= 4 is 23.8 Å². The molecule has 2 aromatic carbocycles. The van der Waals surface area contributed by atoms with Gasteiger partial charge in [-0.25, -0.2) is 4.79 Å². The Morgan fingerprint density at radius 3 is 2.35 bits per heavy atom. The van der Waals surface area contributed by atoms with E-state index in [1.807, 2.05) is 43.3 Å². The van der Waals surface area contributed by atoms with Crippen LogP contribution in [0.1, 0.15) is 53.7 Å². The number of benzene rings is 2. The Morgan fingerprint density at radius 1 is 1.09 bits per heavy atom. The normalized spacial score (nSPS) is 13.0. The SMILES string of the molecule is CCCC(CC(=O)O)NC(=O)c1cc(NC(=O)OCC2c3ccccc3-c3ccccc32)n[nH]1. The van der Waals surface area contributed by atoms with Crippen LogP contribution in [0.4, 0.5) is 10.6 Å². The molecule has 1 atom stereocenters. The molecule has 2 amide bonds. The summed E-state index contributed by atoms with van der Waals surface area (Å²) in [5.41, 5.74) is 4.61. The number of carboxylic acid groups (broad SMARTS) is 1. The van der Waals surface area contributed by atoms with Gasteiger partial charge in [0, 0.05) is 18.0 Å². The zero-order valence-electron chi connectivity index (χ0n) is 18.7. The highest BCUT2D eigenvalue weighted by molar-refractivity contribution is 5.94. The standard InChI is InChI=1S/C25H26N4O5/c1-2-7-15(12-23(30)31)26-24(32)21-13-22(29-28-21)27-25(33)34-14-20-18-10-5-3-8-16(18)17-9-4-6-11-19(17)20/h3-6,8-11,13,15,20H,2,7,12,14H2,1H3,(H,26,32)(H,30,31)(H2,27,28,29,33). The third kappa shape index (κ3) is 5.09. The van der Waals surface area contributed by atoms with Crippen LogP contribution in [0, 0.1) is 0 Å². The van der Waals surface area contributed by atoms with E-state index in [2.05, 4.69) is 33.0 Å². The van der Waals surface area contributed by atoms with Crippen molar-refractivity contribution in [1.29, 1.82) is 0 Å². The molecule has 0 spiro atoms. The number of ether oxygens (including phenoxy) is 1. The van der Waals surface area contributed by atoms with Gasteiger partial charge in [-0.05, 0) is 28.7 Å². The molecule has 176 valence electrons. The molecule has 0 bridgehead atoms. The van der Waals surface area contributed by atoms with Crippen LogP contribution in [0.2, 0.25) is 0 Å². The number of aromatic nitrogens is 2. The first kappa shape index (κ1) is 23.0. The Bertz CT molecular complexity index is 1160. The van der Waals surface area contributed by atoms with Crippen molar-refractivity contribution in [1.82, 2.24) is 15.5 Å². The fourth-order valence-electron chi connectivity index (χ4n) is 4.29. The van der Waals surface area contributed by atoms with Gasteiger partial charge in [0.1, 0.15) is 12.3 Å². The van der Waals surface area contributed by atoms with Gasteiger partial charge in [-0.15, -0.1) is 0 Å². The number of carbonyl (C=O) groups excluding carboxylic acids is 2. The first-order chi connectivity index (χ1) is 16.5. The minimum atomic E-state index is -0.985. The second-order valence-corrected chi connectivity index (χ2v) is 8.17. The molecule has 4 rings (SSSR count). The van der Waals surface area contributed by atoms with Crippen molar-refractivity contribution in [3.63, 3.8) is 0 Å². The lowest BCUT2D eigenvalue weighted by Gasteiger charge is -2.15. The molecule has 1 aliphatic carbocycles. The number of anilines is 1. The van der Waals surface area contributed by atoms with Gasteiger partial charge >= 0.3 is 12.1 Å². The molecular formula is C25H26N4O5. The summed E-state index contributed by atoms with van der Waals surface area (Å²) in [5.74, 6) is -1.41. The van der Waals surface area contributed by atoms with E-state index in [1.54, 1.807) is 0 Å². The number of H-pyrrole nitrogens is 1. The molecule has 3 aromatic rings. The lowest BCUT2D eigenvalue weighted by atomic mass is 9.98. The molecule has 0 saturated heterocycles. The van der Waals surface area contributed by atoms with Crippen LogP contribution in [0.25, 0.3) is 11.1 Å². The monoisotopic (exact) mass is 462 g/mol. The zero-order valence-corrected chi connectivity index (χ0v) is 18.7. The van der Waals surface area contributed by atoms with Crippen LogP contribution in [-0.2, 0) is 9.53 Å². The van der Waals surface area contributed by atoms with E-state index in [-0.39, 0.29) is 30.5 Å². The number of carboxylic acids is 1. The van der Waals surface area contributed by atoms with E-state index in [0.717, 1.165) is 28.7 Å². The van der Waals surface area contributed by atoms with Crippen molar-refractivity contribution in [3.05, 3.63) is 71.4 Å². The summed E-state index contributed by atoms with van der Waals surface area (Å²) < 4.78 is 5.48. The molecule has 0 fully saturated rings. The molecular weight excluding hydrogens is 436 g/mol. The second-order valence-electron chi connectivity index (χ2n) is 8.17. The maximum Gasteiger partial charge on any atom is 0.412 e. The minimum absolute atomic E-state index is 0.0663. The number of nitrogens with one attached hydrogen (secondary N) is 3. The van der Waals surface area contributed by atoms with E-state index in [0.29, 0.717) is 6.42 Å². The molecule has 34 heavy (non-hydrogen) atoms. The van der Waals surface area contributed by atoms with Crippen LogP contribution in [0.5, 0.6) is 0 Å². The number of hydrogen-bond acceptors (Lipinski definition) is 5. The average Bonchev–Trinajstić information content (AvgIpc) is 3.40. The number of nitrogens with zero attached hydrogens (tertiary/aromatic N) is 1. The molecule has 0 saturated carbocycles. The molecule has 9 heteroatoms. The van der Waals surface area contributed by atoms with Gasteiger partial charge in [-0.2, -0.15) is 5.10 Å². The summed E-state index contributed by atoms with van der Waals surface area (Å²) in [6.45, 7) is 2.07. The third-order valence-corrected chi connectivity index (χ3v) is 5.79. The van der Waals surface area contributed by atoms with E-state index in [4.69, 9.17) is 9.84 Å². The van der Waals surface area contributed by atoms with Gasteiger partial charge in [0.25, 0.3) is 5.91 Å². The minimum Gasteiger partial charge on any atom is -0.481 e. The van der Waals surface area contributed by atoms with Crippen LogP contribution >= 0.6 is 0 Å². The summed E-state index contributed by atoms with van der Waals surface area (Å²) in [6, 6.07) is 17.0. The molecule has 0 radical (unpaired) electrons. The molecule has 1 unspecified atom stereocenters. The van der Waals surface area contributed by atoms with E-state index in [1.165, 1.54) is 6.07 Å². The molecule has 1 aliphatic rings. The lowest BCUT2D eigenvalue weighted by molar-refractivity contribution is -0.137. The highest BCUT2D eigenvalue weighted by Crippen LogP contribution is 2.44. The van der Waals surface area contributed by atoms with Crippen molar-refractivity contribution in [3.8, 4) is 11.1 Å². The molecule has 1 aromatic heterocycles. The summed E-state index contributed by atoms with van der Waals surface area (Å²) >= 11 is 0. The Labute approximate surface area is 196 Å². The van der Waals surface area contributed by atoms with Gasteiger partial charge in [-0.3, -0.25) is 20.0 Å². The third-order valence-electron chi connectivity index (χ3n) is 5.79. The van der Waals surface area contributed by atoms with Gasteiger partial charge < -0.3 is 15.2 Å². The molecule has 0 aliphatic heterocycles. The number of rotatable bonds is 9. The number of fused-ring (bicyclic) bond motifs is 3. The van der Waals surface area contributed by atoms with E-state index in [9.17, 15) is 14.4 Å². The van der Waals surface area contributed by atoms with Crippen LogP contribution in [0.15, 0.2) is 54.6 Å². The lowest BCUT2D eigenvalue weighted by Crippen LogP contribution is -2.36. The van der Waals surface area contributed by atoms with Gasteiger partial charge in [0.15, 0.2) is 5.82 Å². The fraction of sp³-hybridized carbons (Fsp3) is 0.280. The number of amides is 2. The number of hydrogen-bond donors (Lipinski definition) is 4. The Kier molecular flexibility index (Phi) is 6.91. The van der Waals surface area contributed by atoms with Gasteiger partial charge in [-0.1, -0.05) is 61.9 Å². The van der Waals surface area contributed by atoms with Crippen LogP contribution < -0.4 is 10.6 Å². The first-order valence-electron chi connectivity index (χ1n) is 11.2. The first-order valence-corrected chi connectivity index (χ1v) is 11.2. The average molecular weight is 463 g/mol. The second kappa shape index (κ2) is 10.2. The maximum absolute atomic E-state index is 12.4. The predicted molar refractivity (Wildman–Crippen MR) is 126 cm³/mol. The number of aromatic amines is 1. The summed E-state index contributed by atoms with van der Waals surface area (Å²) in [4.78, 5) is 35.8. The number of aliphatic carboxylic acids is 1.